The third-order valence-electron chi connectivity index (χ3n) is 5.23. The van der Waals surface area contributed by atoms with E-state index in [4.69, 9.17) is 5.73 Å². The Morgan fingerprint density at radius 3 is 2.58 bits per heavy atom. The number of fused-ring (bicyclic) bond motifs is 1. The monoisotopic (exact) mass is 423 g/mol. The lowest BCUT2D eigenvalue weighted by Crippen LogP contribution is -2.41. The first-order chi connectivity index (χ1) is 14.8. The van der Waals surface area contributed by atoms with Gasteiger partial charge < -0.3 is 10.6 Å². The molecule has 3 rings (SSSR count). The first-order valence-corrected chi connectivity index (χ1v) is 10.6. The highest BCUT2D eigenvalue weighted by Crippen LogP contribution is 2.25. The molecule has 0 spiro atoms. The van der Waals surface area contributed by atoms with Crippen LogP contribution in [0.1, 0.15) is 54.7 Å². The lowest BCUT2D eigenvalue weighted by molar-refractivity contribution is 0.0987. The number of aromatic amines is 1. The molecule has 8 nitrogen and oxygen atoms in total. The van der Waals surface area contributed by atoms with Crippen molar-refractivity contribution in [1.29, 1.82) is 0 Å². The third kappa shape index (κ3) is 4.38. The molecule has 0 bridgehead atoms. The highest BCUT2D eigenvalue weighted by Gasteiger charge is 2.26. The van der Waals surface area contributed by atoms with Gasteiger partial charge in [0.1, 0.15) is 5.82 Å². The van der Waals surface area contributed by atoms with E-state index in [1.54, 1.807) is 6.07 Å². The van der Waals surface area contributed by atoms with Crippen molar-refractivity contribution in [1.82, 2.24) is 14.5 Å². The van der Waals surface area contributed by atoms with Gasteiger partial charge in [0.2, 0.25) is 0 Å². The molecular formula is C23H29N5O3. The number of nitrogen functional groups attached to an aromatic ring is 1. The minimum atomic E-state index is -0.662. The summed E-state index contributed by atoms with van der Waals surface area (Å²) in [4.78, 5) is 47.1. The van der Waals surface area contributed by atoms with Gasteiger partial charge in [0, 0.05) is 24.2 Å². The molecular weight excluding hydrogens is 394 g/mol. The largest absolute Gasteiger partial charge is 0.383 e. The predicted molar refractivity (Wildman–Crippen MR) is 124 cm³/mol. The van der Waals surface area contributed by atoms with Crippen molar-refractivity contribution in [2.45, 2.75) is 53.5 Å². The average Bonchev–Trinajstić information content (AvgIpc) is 2.72. The number of aromatic nitrogens is 3. The molecule has 0 fully saturated rings. The number of nitrogens with two attached hydrogens (primary N) is 1. The molecule has 2 heterocycles. The number of pyridine rings is 1. The SMILES string of the molecule is CCCCN(C(=O)c1cc(C)nc2ccc(C)cc12)c1c(N)n(CCC)c(=O)[nH]c1=O. The average molecular weight is 424 g/mol. The number of rotatable bonds is 7. The van der Waals surface area contributed by atoms with Crippen LogP contribution < -0.4 is 21.9 Å². The zero-order chi connectivity index (χ0) is 22.7. The van der Waals surface area contributed by atoms with Crippen molar-refractivity contribution in [2.24, 2.45) is 0 Å². The van der Waals surface area contributed by atoms with Gasteiger partial charge in [-0.15, -0.1) is 0 Å². The number of nitrogens with one attached hydrogen (secondary N) is 1. The van der Waals surface area contributed by atoms with Gasteiger partial charge in [-0.05, 0) is 44.9 Å². The number of benzene rings is 1. The second-order valence-electron chi connectivity index (χ2n) is 7.79. The highest BCUT2D eigenvalue weighted by molar-refractivity contribution is 6.14. The molecule has 3 aromatic rings. The van der Waals surface area contributed by atoms with Gasteiger partial charge in [-0.1, -0.05) is 31.9 Å². The maximum atomic E-state index is 13.8. The maximum Gasteiger partial charge on any atom is 0.330 e. The summed E-state index contributed by atoms with van der Waals surface area (Å²) < 4.78 is 1.31. The van der Waals surface area contributed by atoms with Crippen LogP contribution >= 0.6 is 0 Å². The summed E-state index contributed by atoms with van der Waals surface area (Å²) in [6.07, 6.45) is 2.16. The smallest absolute Gasteiger partial charge is 0.330 e. The molecule has 0 unspecified atom stereocenters. The van der Waals surface area contributed by atoms with E-state index in [-0.39, 0.29) is 17.4 Å². The minimum Gasteiger partial charge on any atom is -0.383 e. The molecule has 0 aliphatic rings. The molecule has 0 atom stereocenters. The summed E-state index contributed by atoms with van der Waals surface area (Å²) in [6, 6.07) is 7.47. The van der Waals surface area contributed by atoms with E-state index in [9.17, 15) is 14.4 Å². The first-order valence-electron chi connectivity index (χ1n) is 10.6. The van der Waals surface area contributed by atoms with Crippen LogP contribution in [-0.4, -0.2) is 27.0 Å². The van der Waals surface area contributed by atoms with E-state index in [2.05, 4.69) is 9.97 Å². The van der Waals surface area contributed by atoms with Gasteiger partial charge in [-0.25, -0.2) is 4.79 Å². The predicted octanol–water partition coefficient (Wildman–Crippen LogP) is 3.14. The molecule has 8 heteroatoms. The lowest BCUT2D eigenvalue weighted by atomic mass is 10.0. The van der Waals surface area contributed by atoms with Gasteiger partial charge in [0.15, 0.2) is 5.69 Å². The molecule has 1 amide bonds. The van der Waals surface area contributed by atoms with Crippen LogP contribution in [0, 0.1) is 13.8 Å². The number of anilines is 2. The molecule has 164 valence electrons. The van der Waals surface area contributed by atoms with Crippen LogP contribution in [0.3, 0.4) is 0 Å². The molecule has 0 aliphatic carbocycles. The topological polar surface area (TPSA) is 114 Å². The zero-order valence-electron chi connectivity index (χ0n) is 18.5. The summed E-state index contributed by atoms with van der Waals surface area (Å²) in [5.41, 5.74) is 7.91. The molecule has 31 heavy (non-hydrogen) atoms. The van der Waals surface area contributed by atoms with E-state index in [0.29, 0.717) is 48.1 Å². The van der Waals surface area contributed by atoms with Crippen LogP contribution in [-0.2, 0) is 6.54 Å². The Balaban J connectivity index is 2.24. The summed E-state index contributed by atoms with van der Waals surface area (Å²) in [5, 5.41) is 0.717. The van der Waals surface area contributed by atoms with E-state index < -0.39 is 11.2 Å². The van der Waals surface area contributed by atoms with E-state index in [1.165, 1.54) is 9.47 Å². The standard InChI is InChI=1S/C23H29N5O3/c1-5-7-11-27(19-20(24)28(10-6-2)23(31)26-21(19)29)22(30)17-13-15(4)25-18-9-8-14(3)12-16(17)18/h8-9,12-13H,5-7,10-11,24H2,1-4H3,(H,26,29,31). The van der Waals surface area contributed by atoms with Crippen LogP contribution in [0.2, 0.25) is 0 Å². The van der Waals surface area contributed by atoms with Crippen LogP contribution in [0.25, 0.3) is 10.9 Å². The fourth-order valence-electron chi connectivity index (χ4n) is 3.71. The molecule has 1 aromatic carbocycles. The summed E-state index contributed by atoms with van der Waals surface area (Å²) in [6.45, 7) is 8.34. The van der Waals surface area contributed by atoms with Gasteiger partial charge in [-0.2, -0.15) is 0 Å². The number of aryl methyl sites for hydroxylation is 2. The Bertz CT molecular complexity index is 1240. The fraction of sp³-hybridized carbons (Fsp3) is 0.391. The van der Waals surface area contributed by atoms with Crippen molar-refractivity contribution >= 4 is 28.3 Å². The first kappa shape index (κ1) is 22.3. The summed E-state index contributed by atoms with van der Waals surface area (Å²) >= 11 is 0. The second-order valence-corrected chi connectivity index (χ2v) is 7.79. The molecule has 2 aromatic heterocycles. The maximum absolute atomic E-state index is 13.8. The number of carbonyl (C=O) groups is 1. The Hall–Kier alpha value is -3.42. The van der Waals surface area contributed by atoms with Gasteiger partial charge in [-0.3, -0.25) is 24.1 Å². The van der Waals surface area contributed by atoms with Gasteiger partial charge >= 0.3 is 5.69 Å². The zero-order valence-corrected chi connectivity index (χ0v) is 18.5. The number of unbranched alkanes of at least 4 members (excludes halogenated alkanes) is 1. The van der Waals surface area contributed by atoms with Crippen molar-refractivity contribution in [3.8, 4) is 0 Å². The summed E-state index contributed by atoms with van der Waals surface area (Å²) in [5.74, 6) is -0.334. The number of amides is 1. The van der Waals surface area contributed by atoms with E-state index in [0.717, 1.165) is 12.0 Å². The molecule has 0 radical (unpaired) electrons. The Morgan fingerprint density at radius 2 is 1.90 bits per heavy atom. The number of carbonyl (C=O) groups excluding carboxylic acids is 1. The van der Waals surface area contributed by atoms with Crippen molar-refractivity contribution in [2.75, 3.05) is 17.2 Å². The number of H-pyrrole nitrogens is 1. The van der Waals surface area contributed by atoms with Gasteiger partial charge in [0.25, 0.3) is 11.5 Å². The lowest BCUT2D eigenvalue weighted by Gasteiger charge is -2.25. The Morgan fingerprint density at radius 1 is 1.16 bits per heavy atom. The molecule has 0 aliphatic heterocycles. The molecule has 0 saturated carbocycles. The van der Waals surface area contributed by atoms with E-state index in [1.807, 2.05) is 45.9 Å². The number of hydrogen-bond donors (Lipinski definition) is 2. The van der Waals surface area contributed by atoms with Crippen molar-refractivity contribution in [3.63, 3.8) is 0 Å². The van der Waals surface area contributed by atoms with Crippen molar-refractivity contribution in [3.05, 3.63) is 61.9 Å². The number of hydrogen-bond acceptors (Lipinski definition) is 5. The molecule has 0 saturated heterocycles. The summed E-state index contributed by atoms with van der Waals surface area (Å²) in [7, 11) is 0. The van der Waals surface area contributed by atoms with E-state index >= 15 is 0 Å². The van der Waals surface area contributed by atoms with Crippen LogP contribution in [0.4, 0.5) is 11.5 Å². The second kappa shape index (κ2) is 9.16. The molecule has 3 N–H and O–H groups in total. The fourth-order valence-corrected chi connectivity index (χ4v) is 3.71. The Labute approximate surface area is 180 Å². The highest BCUT2D eigenvalue weighted by atomic mass is 16.2. The third-order valence-corrected chi connectivity index (χ3v) is 5.23. The van der Waals surface area contributed by atoms with Gasteiger partial charge in [0.05, 0.1) is 11.1 Å². The Kier molecular flexibility index (Phi) is 6.58. The normalized spacial score (nSPS) is 11.1. The van der Waals surface area contributed by atoms with Crippen LogP contribution in [0.15, 0.2) is 33.9 Å². The van der Waals surface area contributed by atoms with Crippen molar-refractivity contribution < 1.29 is 4.79 Å². The van der Waals surface area contributed by atoms with Crippen LogP contribution in [0.5, 0.6) is 0 Å². The number of nitrogens with zero attached hydrogens (tertiary/aromatic N) is 3. The minimum absolute atomic E-state index is 0.00585. The quantitative estimate of drug-likeness (QED) is 0.606.